The molecule has 1 N–H and O–H groups in total. The highest BCUT2D eigenvalue weighted by atomic mass is 15.0. The molecule has 1 aliphatic heterocycles. The number of benzene rings is 1. The molecule has 1 heterocycles. The van der Waals surface area contributed by atoms with Crippen molar-refractivity contribution in [3.63, 3.8) is 0 Å². The number of nitrogens with one attached hydrogen (secondary N) is 1. The van der Waals surface area contributed by atoms with E-state index in [2.05, 4.69) is 42.6 Å². The summed E-state index contributed by atoms with van der Waals surface area (Å²) in [5.74, 6) is 0. The topological polar surface area (TPSA) is 12.0 Å². The minimum absolute atomic E-state index is 0.453. The SMILES string of the molecule is CC1(CCCc2ccccc2)CCN1. The van der Waals surface area contributed by atoms with Gasteiger partial charge in [-0.05, 0) is 44.7 Å². The molecular weight excluding hydrogens is 170 g/mol. The molecule has 0 aliphatic carbocycles. The average Bonchev–Trinajstić information content (AvgIpc) is 2.17. The summed E-state index contributed by atoms with van der Waals surface area (Å²) in [5.41, 5.74) is 1.92. The van der Waals surface area contributed by atoms with Crippen LogP contribution in [0.1, 0.15) is 31.7 Å². The minimum atomic E-state index is 0.453. The van der Waals surface area contributed by atoms with Gasteiger partial charge in [0, 0.05) is 5.54 Å². The maximum absolute atomic E-state index is 3.51. The van der Waals surface area contributed by atoms with Gasteiger partial charge >= 0.3 is 0 Å². The van der Waals surface area contributed by atoms with Crippen LogP contribution in [0.3, 0.4) is 0 Å². The molecule has 0 saturated carbocycles. The summed E-state index contributed by atoms with van der Waals surface area (Å²) in [6.07, 6.45) is 5.18. The smallest absolute Gasteiger partial charge is 0.0165 e. The van der Waals surface area contributed by atoms with Crippen molar-refractivity contribution in [3.05, 3.63) is 35.9 Å². The predicted octanol–water partition coefficient (Wildman–Crippen LogP) is 2.76. The predicted molar refractivity (Wildman–Crippen MR) is 60.4 cm³/mol. The van der Waals surface area contributed by atoms with Crippen LogP contribution in [0.4, 0.5) is 0 Å². The van der Waals surface area contributed by atoms with Crippen LogP contribution in [0.5, 0.6) is 0 Å². The monoisotopic (exact) mass is 189 g/mol. The molecule has 76 valence electrons. The Bertz CT molecular complexity index is 275. The molecule has 2 rings (SSSR count). The van der Waals surface area contributed by atoms with E-state index in [4.69, 9.17) is 0 Å². The van der Waals surface area contributed by atoms with Gasteiger partial charge in [-0.2, -0.15) is 0 Å². The van der Waals surface area contributed by atoms with Crippen LogP contribution in [0.2, 0.25) is 0 Å². The number of hydrogen-bond acceptors (Lipinski definition) is 1. The largest absolute Gasteiger partial charge is 0.311 e. The van der Waals surface area contributed by atoms with Crippen molar-refractivity contribution in [2.45, 2.75) is 38.1 Å². The molecule has 14 heavy (non-hydrogen) atoms. The fourth-order valence-electron chi connectivity index (χ4n) is 2.09. The highest BCUT2D eigenvalue weighted by Gasteiger charge is 2.29. The van der Waals surface area contributed by atoms with E-state index in [-0.39, 0.29) is 0 Å². The molecule has 1 atom stereocenters. The van der Waals surface area contributed by atoms with Crippen LogP contribution < -0.4 is 5.32 Å². The second kappa shape index (κ2) is 4.14. The van der Waals surface area contributed by atoms with E-state index in [0.717, 1.165) is 0 Å². The second-order valence-corrected chi connectivity index (χ2v) is 4.58. The molecule has 1 aromatic rings. The minimum Gasteiger partial charge on any atom is -0.311 e. The third kappa shape index (κ3) is 2.36. The van der Waals surface area contributed by atoms with Crippen LogP contribution >= 0.6 is 0 Å². The Morgan fingerprint density at radius 1 is 1.29 bits per heavy atom. The number of aryl methyl sites for hydroxylation is 1. The number of hydrogen-bond donors (Lipinski definition) is 1. The highest BCUT2D eigenvalue weighted by molar-refractivity contribution is 5.14. The van der Waals surface area contributed by atoms with Gasteiger partial charge in [-0.3, -0.25) is 0 Å². The summed E-state index contributed by atoms with van der Waals surface area (Å²) in [6.45, 7) is 3.54. The Balaban J connectivity index is 1.73. The fourth-order valence-corrected chi connectivity index (χ4v) is 2.09. The van der Waals surface area contributed by atoms with Crippen LogP contribution in [-0.2, 0) is 6.42 Å². The zero-order valence-corrected chi connectivity index (χ0v) is 8.92. The molecule has 0 bridgehead atoms. The Morgan fingerprint density at radius 2 is 2.00 bits per heavy atom. The lowest BCUT2D eigenvalue weighted by atomic mass is 9.84. The molecule has 1 nitrogen and oxygen atoms in total. The van der Waals surface area contributed by atoms with Crippen molar-refractivity contribution in [2.75, 3.05) is 6.54 Å². The maximum Gasteiger partial charge on any atom is 0.0165 e. The Hall–Kier alpha value is -0.820. The Labute approximate surface area is 86.5 Å². The molecule has 0 radical (unpaired) electrons. The van der Waals surface area contributed by atoms with Crippen molar-refractivity contribution in [2.24, 2.45) is 0 Å². The molecule has 1 aromatic carbocycles. The van der Waals surface area contributed by atoms with E-state index >= 15 is 0 Å². The van der Waals surface area contributed by atoms with Gasteiger partial charge < -0.3 is 5.32 Å². The number of rotatable bonds is 4. The zero-order chi connectivity index (χ0) is 9.86. The van der Waals surface area contributed by atoms with E-state index in [1.807, 2.05) is 0 Å². The van der Waals surface area contributed by atoms with Crippen molar-refractivity contribution in [1.82, 2.24) is 5.32 Å². The lowest BCUT2D eigenvalue weighted by Gasteiger charge is -2.40. The van der Waals surface area contributed by atoms with Gasteiger partial charge in [0.05, 0.1) is 0 Å². The van der Waals surface area contributed by atoms with E-state index < -0.39 is 0 Å². The van der Waals surface area contributed by atoms with Gasteiger partial charge in [0.25, 0.3) is 0 Å². The van der Waals surface area contributed by atoms with Gasteiger partial charge in [-0.15, -0.1) is 0 Å². The van der Waals surface area contributed by atoms with Gasteiger partial charge in [0.1, 0.15) is 0 Å². The molecule has 1 heteroatoms. The highest BCUT2D eigenvalue weighted by Crippen LogP contribution is 2.24. The molecule has 0 aromatic heterocycles. The van der Waals surface area contributed by atoms with E-state index in [0.29, 0.717) is 5.54 Å². The van der Waals surface area contributed by atoms with E-state index in [1.165, 1.54) is 37.8 Å². The average molecular weight is 189 g/mol. The quantitative estimate of drug-likeness (QED) is 0.768. The summed E-state index contributed by atoms with van der Waals surface area (Å²) in [5, 5.41) is 3.51. The summed E-state index contributed by atoms with van der Waals surface area (Å²) in [4.78, 5) is 0. The third-order valence-electron chi connectivity index (χ3n) is 3.27. The van der Waals surface area contributed by atoms with Crippen molar-refractivity contribution < 1.29 is 0 Å². The fraction of sp³-hybridized carbons (Fsp3) is 0.538. The molecule has 1 saturated heterocycles. The Morgan fingerprint density at radius 3 is 2.57 bits per heavy atom. The molecule has 0 spiro atoms. The van der Waals surface area contributed by atoms with Crippen LogP contribution in [0, 0.1) is 0 Å². The summed E-state index contributed by atoms with van der Waals surface area (Å²) < 4.78 is 0. The molecule has 1 unspecified atom stereocenters. The van der Waals surface area contributed by atoms with E-state index in [1.54, 1.807) is 0 Å². The summed E-state index contributed by atoms with van der Waals surface area (Å²) in [6, 6.07) is 10.8. The van der Waals surface area contributed by atoms with Gasteiger partial charge in [-0.1, -0.05) is 30.3 Å². The van der Waals surface area contributed by atoms with Gasteiger partial charge in [-0.25, -0.2) is 0 Å². The third-order valence-corrected chi connectivity index (χ3v) is 3.27. The van der Waals surface area contributed by atoms with Crippen LogP contribution in [0.25, 0.3) is 0 Å². The molecule has 0 amide bonds. The first-order valence-electron chi connectivity index (χ1n) is 5.57. The first kappa shape index (κ1) is 9.72. The van der Waals surface area contributed by atoms with Crippen LogP contribution in [-0.4, -0.2) is 12.1 Å². The zero-order valence-electron chi connectivity index (χ0n) is 8.92. The lowest BCUT2D eigenvalue weighted by Crippen LogP contribution is -2.54. The van der Waals surface area contributed by atoms with Crippen LogP contribution in [0.15, 0.2) is 30.3 Å². The maximum atomic E-state index is 3.51. The first-order valence-corrected chi connectivity index (χ1v) is 5.57. The lowest BCUT2D eigenvalue weighted by molar-refractivity contribution is 0.212. The second-order valence-electron chi connectivity index (χ2n) is 4.58. The Kier molecular flexibility index (Phi) is 2.87. The van der Waals surface area contributed by atoms with Gasteiger partial charge in [0.15, 0.2) is 0 Å². The molecule has 1 fully saturated rings. The van der Waals surface area contributed by atoms with E-state index in [9.17, 15) is 0 Å². The molecular formula is C13H19N. The van der Waals surface area contributed by atoms with Gasteiger partial charge in [0.2, 0.25) is 0 Å². The van der Waals surface area contributed by atoms with Crippen molar-refractivity contribution in [3.8, 4) is 0 Å². The summed E-state index contributed by atoms with van der Waals surface area (Å²) in [7, 11) is 0. The molecule has 1 aliphatic rings. The standard InChI is InChI=1S/C13H19N/c1-13(10-11-14-13)9-5-8-12-6-3-2-4-7-12/h2-4,6-7,14H,5,8-11H2,1H3. The summed E-state index contributed by atoms with van der Waals surface area (Å²) >= 11 is 0. The van der Waals surface area contributed by atoms with Crippen molar-refractivity contribution in [1.29, 1.82) is 0 Å². The normalized spacial score (nSPS) is 25.8. The van der Waals surface area contributed by atoms with Crippen molar-refractivity contribution >= 4 is 0 Å². The first-order chi connectivity index (χ1) is 6.79.